The first-order valence-electron chi connectivity index (χ1n) is 4.44. The van der Waals surface area contributed by atoms with Gasteiger partial charge in [-0.1, -0.05) is 0 Å². The molecular formula is C9H19NO3. The van der Waals surface area contributed by atoms with Crippen LogP contribution in [0.15, 0.2) is 0 Å². The fraction of sp³-hybridized carbons (Fsp3) is 0.889. The van der Waals surface area contributed by atoms with Crippen molar-refractivity contribution in [1.29, 1.82) is 0 Å². The molecule has 0 bridgehead atoms. The molecule has 0 aliphatic carbocycles. The van der Waals surface area contributed by atoms with Gasteiger partial charge in [-0.2, -0.15) is 0 Å². The third-order valence-corrected chi connectivity index (χ3v) is 1.32. The minimum absolute atomic E-state index is 0.340. The number of hydrogen-bond acceptors (Lipinski definition) is 4. The molecule has 2 N–H and O–H groups in total. The molecule has 78 valence electrons. The molecule has 0 saturated heterocycles. The minimum atomic E-state index is -0.539. The van der Waals surface area contributed by atoms with E-state index in [1.807, 2.05) is 13.8 Å². The van der Waals surface area contributed by atoms with Crippen molar-refractivity contribution in [3.8, 4) is 0 Å². The van der Waals surface area contributed by atoms with Gasteiger partial charge in [0.25, 0.3) is 0 Å². The Morgan fingerprint density at radius 3 is 2.46 bits per heavy atom. The van der Waals surface area contributed by atoms with Crippen LogP contribution in [0.25, 0.3) is 0 Å². The summed E-state index contributed by atoms with van der Waals surface area (Å²) in [5.74, 6) is -0.341. The zero-order chi connectivity index (χ0) is 10.5. The van der Waals surface area contributed by atoms with Gasteiger partial charge in [0, 0.05) is 5.54 Å². The highest BCUT2D eigenvalue weighted by Crippen LogP contribution is 2.02. The molecule has 0 saturated carbocycles. The summed E-state index contributed by atoms with van der Waals surface area (Å²) in [6.45, 7) is 7.81. The average molecular weight is 189 g/mol. The van der Waals surface area contributed by atoms with Gasteiger partial charge in [0.1, 0.15) is 0 Å². The van der Waals surface area contributed by atoms with Crippen LogP contribution in [0, 0.1) is 0 Å². The fourth-order valence-corrected chi connectivity index (χ4v) is 0.667. The summed E-state index contributed by atoms with van der Waals surface area (Å²) in [6, 6.07) is 0. The van der Waals surface area contributed by atoms with Crippen molar-refractivity contribution in [3.63, 3.8) is 0 Å². The van der Waals surface area contributed by atoms with Crippen LogP contribution in [-0.4, -0.2) is 30.8 Å². The van der Waals surface area contributed by atoms with Gasteiger partial charge < -0.3 is 15.2 Å². The molecular weight excluding hydrogens is 170 g/mol. The summed E-state index contributed by atoms with van der Waals surface area (Å²) in [6.07, 6.45) is -0.539. The van der Waals surface area contributed by atoms with Crippen molar-refractivity contribution in [3.05, 3.63) is 0 Å². The predicted octanol–water partition coefficient (Wildman–Crippen LogP) is 0.692. The Labute approximate surface area is 79.4 Å². The Kier molecular flexibility index (Phi) is 4.95. The van der Waals surface area contributed by atoms with Gasteiger partial charge >= 0.3 is 5.97 Å². The molecule has 0 aliphatic rings. The van der Waals surface area contributed by atoms with Crippen molar-refractivity contribution in [2.75, 3.05) is 13.2 Å². The van der Waals surface area contributed by atoms with Crippen LogP contribution in [0.1, 0.15) is 27.7 Å². The van der Waals surface area contributed by atoms with Crippen molar-refractivity contribution in [2.24, 2.45) is 5.73 Å². The van der Waals surface area contributed by atoms with E-state index in [1.165, 1.54) is 0 Å². The lowest BCUT2D eigenvalue weighted by Gasteiger charge is -2.20. The first-order chi connectivity index (χ1) is 5.87. The summed E-state index contributed by atoms with van der Waals surface area (Å²) in [4.78, 5) is 11.1. The van der Waals surface area contributed by atoms with E-state index in [0.29, 0.717) is 13.2 Å². The first-order valence-corrected chi connectivity index (χ1v) is 4.44. The second-order valence-electron chi connectivity index (χ2n) is 3.69. The molecule has 1 atom stereocenters. The third-order valence-electron chi connectivity index (χ3n) is 1.32. The number of ether oxygens (including phenoxy) is 2. The number of carbonyl (C=O) groups excluding carboxylic acids is 1. The second-order valence-corrected chi connectivity index (χ2v) is 3.69. The normalized spacial score (nSPS) is 13.9. The molecule has 4 heteroatoms. The molecule has 0 aromatic rings. The maximum Gasteiger partial charge on any atom is 0.334 e. The Hall–Kier alpha value is -0.610. The van der Waals surface area contributed by atoms with Gasteiger partial charge in [-0.05, 0) is 27.7 Å². The molecule has 1 unspecified atom stereocenters. The van der Waals surface area contributed by atoms with Gasteiger partial charge in [-0.3, -0.25) is 0 Å². The van der Waals surface area contributed by atoms with Crippen LogP contribution < -0.4 is 5.73 Å². The van der Waals surface area contributed by atoms with Gasteiger partial charge in [0.2, 0.25) is 0 Å². The lowest BCUT2D eigenvalue weighted by Crippen LogP contribution is -2.40. The molecule has 0 fully saturated rings. The molecule has 0 aliphatic heterocycles. The van der Waals surface area contributed by atoms with Crippen LogP contribution in [0.5, 0.6) is 0 Å². The zero-order valence-corrected chi connectivity index (χ0v) is 8.79. The van der Waals surface area contributed by atoms with E-state index in [0.717, 1.165) is 0 Å². The summed E-state index contributed by atoms with van der Waals surface area (Å²) in [5, 5.41) is 0. The maximum absolute atomic E-state index is 11.1. The molecule has 0 rings (SSSR count). The van der Waals surface area contributed by atoms with Crippen molar-refractivity contribution in [2.45, 2.75) is 39.3 Å². The predicted molar refractivity (Wildman–Crippen MR) is 50.3 cm³/mol. The monoisotopic (exact) mass is 189 g/mol. The molecule has 0 radical (unpaired) electrons. The van der Waals surface area contributed by atoms with Crippen molar-refractivity contribution >= 4 is 5.97 Å². The SMILES string of the molecule is CCOC(=O)C(C)OCC(C)(C)N. The number of nitrogens with two attached hydrogens (primary N) is 1. The number of esters is 1. The van der Waals surface area contributed by atoms with Crippen molar-refractivity contribution < 1.29 is 14.3 Å². The second kappa shape index (κ2) is 5.19. The van der Waals surface area contributed by atoms with Crippen molar-refractivity contribution in [1.82, 2.24) is 0 Å². The molecule has 0 spiro atoms. The van der Waals surface area contributed by atoms with Gasteiger partial charge in [-0.25, -0.2) is 4.79 Å². The first kappa shape index (κ1) is 12.4. The molecule has 4 nitrogen and oxygen atoms in total. The smallest absolute Gasteiger partial charge is 0.334 e. The quantitative estimate of drug-likeness (QED) is 0.646. The lowest BCUT2D eigenvalue weighted by molar-refractivity contribution is -0.156. The van der Waals surface area contributed by atoms with Crippen LogP contribution >= 0.6 is 0 Å². The van der Waals surface area contributed by atoms with Gasteiger partial charge in [0.15, 0.2) is 6.10 Å². The standard InChI is InChI=1S/C9H19NO3/c1-5-12-8(11)7(2)13-6-9(3,4)10/h7H,5-6,10H2,1-4H3. The molecule has 13 heavy (non-hydrogen) atoms. The van der Waals surface area contributed by atoms with Crippen LogP contribution in [0.4, 0.5) is 0 Å². The maximum atomic E-state index is 11.1. The number of hydrogen-bond donors (Lipinski definition) is 1. The highest BCUT2D eigenvalue weighted by atomic mass is 16.6. The summed E-state index contributed by atoms with van der Waals surface area (Å²) < 4.78 is 9.99. The van der Waals surface area contributed by atoms with E-state index in [4.69, 9.17) is 15.2 Å². The Balaban J connectivity index is 3.74. The van der Waals surface area contributed by atoms with Crippen LogP contribution in [0.3, 0.4) is 0 Å². The zero-order valence-electron chi connectivity index (χ0n) is 8.79. The highest BCUT2D eigenvalue weighted by Gasteiger charge is 2.18. The van der Waals surface area contributed by atoms with Gasteiger partial charge in [-0.15, -0.1) is 0 Å². The Morgan fingerprint density at radius 1 is 1.54 bits per heavy atom. The van der Waals surface area contributed by atoms with E-state index in [9.17, 15) is 4.79 Å². The van der Waals surface area contributed by atoms with Gasteiger partial charge in [0.05, 0.1) is 13.2 Å². The van der Waals surface area contributed by atoms with E-state index in [-0.39, 0.29) is 5.97 Å². The highest BCUT2D eigenvalue weighted by molar-refractivity contribution is 5.74. The summed E-state index contributed by atoms with van der Waals surface area (Å²) in [5.41, 5.74) is 5.26. The molecule has 0 amide bonds. The largest absolute Gasteiger partial charge is 0.464 e. The molecule has 0 aromatic heterocycles. The third kappa shape index (κ3) is 6.54. The van der Waals surface area contributed by atoms with Crippen LogP contribution in [0.2, 0.25) is 0 Å². The van der Waals surface area contributed by atoms with E-state index < -0.39 is 11.6 Å². The average Bonchev–Trinajstić information content (AvgIpc) is 1.99. The molecule has 0 heterocycles. The lowest BCUT2D eigenvalue weighted by atomic mass is 10.1. The van der Waals surface area contributed by atoms with E-state index in [1.54, 1.807) is 13.8 Å². The number of rotatable bonds is 5. The minimum Gasteiger partial charge on any atom is -0.464 e. The molecule has 0 aromatic carbocycles. The summed E-state index contributed by atoms with van der Waals surface area (Å²) in [7, 11) is 0. The van der Waals surface area contributed by atoms with Crippen LogP contribution in [-0.2, 0) is 14.3 Å². The Morgan fingerprint density at radius 2 is 2.08 bits per heavy atom. The van der Waals surface area contributed by atoms with E-state index >= 15 is 0 Å². The number of carbonyl (C=O) groups is 1. The Bertz CT molecular complexity index is 163. The topological polar surface area (TPSA) is 61.5 Å². The van der Waals surface area contributed by atoms with E-state index in [2.05, 4.69) is 0 Å². The fourth-order valence-electron chi connectivity index (χ4n) is 0.667. The summed E-state index contributed by atoms with van der Waals surface area (Å²) >= 11 is 0.